The second-order valence-corrected chi connectivity index (χ2v) is 8.07. The van der Waals surface area contributed by atoms with Crippen LogP contribution in [0.5, 0.6) is 0 Å². The monoisotopic (exact) mass is 477 g/mol. The predicted octanol–water partition coefficient (Wildman–Crippen LogP) is -4.95. The number of hydrogen-bond acceptors (Lipinski definition) is 12. The molecule has 2 amide bonds. The van der Waals surface area contributed by atoms with Gasteiger partial charge in [-0.25, -0.2) is 4.98 Å². The molecule has 0 bridgehead atoms. The van der Waals surface area contributed by atoms with Gasteiger partial charge in [-0.05, 0) is 0 Å². The number of carbonyl (C=O) groups is 4. The fourth-order valence-electron chi connectivity index (χ4n) is 2.87. The molecule has 15 heteroatoms. The summed E-state index contributed by atoms with van der Waals surface area (Å²) in [7, 11) is 1.25. The molecule has 31 heavy (non-hydrogen) atoms. The molecule has 0 aliphatic carbocycles. The molecule has 1 aromatic heterocycles. The Bertz CT molecular complexity index is 979. The molecular formula is C16H16N5NaO7S2. The number of aromatic nitrogens is 1. The molecule has 1 aromatic rings. The molecule has 2 aliphatic rings. The number of hydrogen-bond donors (Lipinski definition) is 2. The summed E-state index contributed by atoms with van der Waals surface area (Å²) in [5.41, 5.74) is 5.46. The molecule has 3 N–H and O–H groups in total. The topological polar surface area (TPSA) is 176 Å². The number of rotatable bonds is 7. The average Bonchev–Trinajstić information content (AvgIpc) is 3.13. The van der Waals surface area contributed by atoms with Gasteiger partial charge in [-0.3, -0.25) is 19.3 Å². The molecule has 0 radical (unpaired) electrons. The summed E-state index contributed by atoms with van der Waals surface area (Å²) in [5.74, 6) is -3.35. The van der Waals surface area contributed by atoms with Crippen molar-refractivity contribution in [3.05, 3.63) is 22.3 Å². The number of carboxylic acid groups (broad SMARTS) is 1. The number of thiazole rings is 1. The normalized spacial score (nSPS) is 20.3. The van der Waals surface area contributed by atoms with Crippen LogP contribution in [0.15, 0.2) is 21.8 Å². The standard InChI is InChI=1S/C16H17N5O7S2.Na/c1-6(22)28-3-7-4-29-14-10(13(24)21(14)11(7)15(25)26)19-12(23)9(20-27-2)8-5-30-16(17)18-8;/h5,10,14H,3-4H2,1-2H3,(H2,17,18)(H,19,23)(H,25,26);/q;+1/p-1. The Hall–Kier alpha value is -2.13. The number of nitrogens with two attached hydrogens (primary N) is 1. The van der Waals surface area contributed by atoms with Gasteiger partial charge in [0.05, 0.1) is 11.7 Å². The smallest absolute Gasteiger partial charge is 0.543 e. The van der Waals surface area contributed by atoms with Gasteiger partial charge in [-0.2, -0.15) is 0 Å². The first-order valence-corrected chi connectivity index (χ1v) is 10.3. The van der Waals surface area contributed by atoms with Crippen molar-refractivity contribution in [1.29, 1.82) is 0 Å². The molecule has 160 valence electrons. The second-order valence-electron chi connectivity index (χ2n) is 6.07. The van der Waals surface area contributed by atoms with Crippen molar-refractivity contribution in [2.75, 3.05) is 25.2 Å². The minimum atomic E-state index is -1.57. The first-order valence-electron chi connectivity index (χ1n) is 8.39. The second kappa shape index (κ2) is 10.5. The van der Waals surface area contributed by atoms with Crippen LogP contribution in [-0.2, 0) is 28.8 Å². The van der Waals surface area contributed by atoms with E-state index in [4.69, 9.17) is 10.5 Å². The van der Waals surface area contributed by atoms with E-state index >= 15 is 0 Å². The number of esters is 1. The van der Waals surface area contributed by atoms with Gasteiger partial charge < -0.3 is 30.5 Å². The molecule has 0 aromatic carbocycles. The number of anilines is 1. The zero-order valence-corrected chi connectivity index (χ0v) is 20.4. The molecule has 0 spiro atoms. The van der Waals surface area contributed by atoms with E-state index in [2.05, 4.69) is 20.3 Å². The molecule has 1 fully saturated rings. The SMILES string of the molecule is CON=C(C(=O)NC1C(=O)N2C(C(=O)[O-])=C(COC(C)=O)CSC12)c1csc(N)n1.[Na+]. The number of ether oxygens (including phenoxy) is 1. The first-order chi connectivity index (χ1) is 14.2. The van der Waals surface area contributed by atoms with Gasteiger partial charge in [-0.15, -0.1) is 23.1 Å². The van der Waals surface area contributed by atoms with Crippen LogP contribution in [0.3, 0.4) is 0 Å². The maximum atomic E-state index is 12.6. The van der Waals surface area contributed by atoms with E-state index in [0.29, 0.717) is 0 Å². The Labute approximate surface area is 206 Å². The number of oxime groups is 1. The molecule has 12 nitrogen and oxygen atoms in total. The van der Waals surface area contributed by atoms with Crippen LogP contribution in [0.4, 0.5) is 5.13 Å². The third kappa shape index (κ3) is 5.20. The summed E-state index contributed by atoms with van der Waals surface area (Å²) >= 11 is 2.32. The van der Waals surface area contributed by atoms with E-state index in [1.807, 2.05) is 0 Å². The summed E-state index contributed by atoms with van der Waals surface area (Å²) in [4.78, 5) is 57.5. The predicted molar refractivity (Wildman–Crippen MR) is 104 cm³/mol. The molecular weight excluding hydrogens is 461 g/mol. The fourth-order valence-corrected chi connectivity index (χ4v) is 4.75. The molecule has 3 rings (SSSR count). The summed E-state index contributed by atoms with van der Waals surface area (Å²) < 4.78 is 4.85. The van der Waals surface area contributed by atoms with Crippen LogP contribution < -0.4 is 45.7 Å². The molecule has 2 aliphatic heterocycles. The minimum Gasteiger partial charge on any atom is -0.543 e. The van der Waals surface area contributed by atoms with Crippen LogP contribution in [0, 0.1) is 0 Å². The van der Waals surface area contributed by atoms with Gasteiger partial charge in [0.25, 0.3) is 11.8 Å². The molecule has 2 atom stereocenters. The minimum absolute atomic E-state index is 0. The number of aliphatic carboxylic acids is 1. The quantitative estimate of drug-likeness (QED) is 0.127. The average molecular weight is 477 g/mol. The number of amides is 2. The van der Waals surface area contributed by atoms with Crippen molar-refractivity contribution in [1.82, 2.24) is 15.2 Å². The first kappa shape index (κ1) is 25.1. The molecule has 1 saturated heterocycles. The number of β-lactam (4-membered cyclic amide) rings is 1. The van der Waals surface area contributed by atoms with Crippen molar-refractivity contribution >= 4 is 57.7 Å². The third-order valence-electron chi connectivity index (χ3n) is 4.14. The summed E-state index contributed by atoms with van der Waals surface area (Å²) in [6.45, 7) is 0.919. The maximum absolute atomic E-state index is 12.6. The van der Waals surface area contributed by atoms with Crippen LogP contribution in [0.25, 0.3) is 0 Å². The summed E-state index contributed by atoms with van der Waals surface area (Å²) in [5, 5.41) is 18.8. The number of nitrogens with zero attached hydrogens (tertiary/aromatic N) is 3. The van der Waals surface area contributed by atoms with Crippen molar-refractivity contribution in [2.45, 2.75) is 18.3 Å². The van der Waals surface area contributed by atoms with E-state index in [1.165, 1.54) is 31.2 Å². The van der Waals surface area contributed by atoms with Crippen LogP contribution in [-0.4, -0.2) is 70.2 Å². The zero-order chi connectivity index (χ0) is 22.0. The third-order valence-corrected chi connectivity index (χ3v) is 6.15. The number of nitrogen functional groups attached to an aromatic ring is 1. The van der Waals surface area contributed by atoms with E-state index in [-0.39, 0.29) is 69.7 Å². The number of thioether (sulfide) groups is 1. The number of fused-ring (bicyclic) bond motifs is 1. The number of carboxylic acids is 1. The van der Waals surface area contributed by atoms with Crippen molar-refractivity contribution in [2.24, 2.45) is 5.16 Å². The maximum Gasteiger partial charge on any atom is 1.00 e. The van der Waals surface area contributed by atoms with Gasteiger partial charge in [0, 0.05) is 23.6 Å². The van der Waals surface area contributed by atoms with Gasteiger partial charge in [0.15, 0.2) is 10.8 Å². The molecule has 0 saturated carbocycles. The molecule has 3 heterocycles. The Morgan fingerprint density at radius 3 is 2.71 bits per heavy atom. The zero-order valence-electron chi connectivity index (χ0n) is 16.7. The van der Waals surface area contributed by atoms with E-state index < -0.39 is 35.2 Å². The Morgan fingerprint density at radius 2 is 2.16 bits per heavy atom. The van der Waals surface area contributed by atoms with Crippen molar-refractivity contribution < 1.29 is 63.4 Å². The largest absolute Gasteiger partial charge is 1.00 e. The van der Waals surface area contributed by atoms with Gasteiger partial charge in [-0.1, -0.05) is 5.16 Å². The van der Waals surface area contributed by atoms with Gasteiger partial charge >= 0.3 is 35.5 Å². The fraction of sp³-hybridized carbons (Fsp3) is 0.375. The van der Waals surface area contributed by atoms with Gasteiger partial charge in [0.1, 0.15) is 30.8 Å². The summed E-state index contributed by atoms with van der Waals surface area (Å²) in [6, 6.07) is -0.995. The van der Waals surface area contributed by atoms with E-state index in [9.17, 15) is 24.3 Å². The van der Waals surface area contributed by atoms with Crippen LogP contribution >= 0.6 is 23.1 Å². The van der Waals surface area contributed by atoms with Crippen molar-refractivity contribution in [3.63, 3.8) is 0 Å². The van der Waals surface area contributed by atoms with Gasteiger partial charge in [0.2, 0.25) is 0 Å². The Balaban J connectivity index is 0.00000341. The molecule has 2 unspecified atom stereocenters. The Kier molecular flexibility index (Phi) is 8.48. The van der Waals surface area contributed by atoms with Crippen LogP contribution in [0.1, 0.15) is 12.6 Å². The number of carbonyl (C=O) groups excluding carboxylic acids is 4. The van der Waals surface area contributed by atoms with Crippen molar-refractivity contribution in [3.8, 4) is 0 Å². The summed E-state index contributed by atoms with van der Waals surface area (Å²) in [6.07, 6.45) is 0. The van der Waals surface area contributed by atoms with E-state index in [1.54, 1.807) is 0 Å². The van der Waals surface area contributed by atoms with E-state index in [0.717, 1.165) is 16.2 Å². The Morgan fingerprint density at radius 1 is 1.45 bits per heavy atom. The number of nitrogens with one attached hydrogen (secondary N) is 1. The van der Waals surface area contributed by atoms with Crippen LogP contribution in [0.2, 0.25) is 0 Å².